The number of carbonyl (C=O) groups is 2. The topological polar surface area (TPSA) is 125 Å². The van der Waals surface area contributed by atoms with Crippen LogP contribution in [0.15, 0.2) is 89.8 Å². The first kappa shape index (κ1) is 25.5. The van der Waals surface area contributed by atoms with E-state index in [1.54, 1.807) is 55.5 Å². The third-order valence-electron chi connectivity index (χ3n) is 5.47. The van der Waals surface area contributed by atoms with E-state index >= 15 is 0 Å². The highest BCUT2D eigenvalue weighted by Gasteiger charge is 2.48. The molecule has 0 bridgehead atoms. The van der Waals surface area contributed by atoms with E-state index in [-0.39, 0.29) is 16.0 Å². The van der Waals surface area contributed by atoms with Gasteiger partial charge in [-0.05, 0) is 43.3 Å². The van der Waals surface area contributed by atoms with Gasteiger partial charge in [0.25, 0.3) is 10.1 Å². The van der Waals surface area contributed by atoms with Crippen LogP contribution in [0.2, 0.25) is 0 Å². The van der Waals surface area contributed by atoms with Crippen molar-refractivity contribution in [2.75, 3.05) is 6.61 Å². The Hall–Kier alpha value is -3.57. The summed E-state index contributed by atoms with van der Waals surface area (Å²) in [5, 5.41) is 10.5. The fourth-order valence-corrected chi connectivity index (χ4v) is 4.66. The van der Waals surface area contributed by atoms with Gasteiger partial charge in [-0.1, -0.05) is 54.1 Å². The predicted molar refractivity (Wildman–Crippen MR) is 126 cm³/mol. The molecule has 10 heteroatoms. The molecule has 4 atom stereocenters. The molecular weight excluding hydrogens is 488 g/mol. The zero-order valence-electron chi connectivity index (χ0n) is 19.2. The van der Waals surface area contributed by atoms with E-state index < -0.39 is 53.3 Å². The Balaban J connectivity index is 1.64. The molecule has 1 saturated heterocycles. The van der Waals surface area contributed by atoms with E-state index in [9.17, 15) is 23.1 Å². The minimum Gasteiger partial charge on any atom is -0.453 e. The number of ether oxygens (including phenoxy) is 3. The first-order valence-electron chi connectivity index (χ1n) is 11.1. The lowest BCUT2D eigenvalue weighted by Crippen LogP contribution is -2.57. The maximum atomic E-state index is 13.1. The normalized spacial score (nSPS) is 21.9. The van der Waals surface area contributed by atoms with Crippen LogP contribution in [0.4, 0.5) is 0 Å². The summed E-state index contributed by atoms with van der Waals surface area (Å²) in [5.41, 5.74) is 1.20. The number of aliphatic hydroxyl groups excluding tert-OH is 1. The number of rotatable bonds is 7. The zero-order chi connectivity index (χ0) is 25.7. The van der Waals surface area contributed by atoms with Gasteiger partial charge in [-0.3, -0.25) is 4.18 Å². The van der Waals surface area contributed by atoms with Crippen molar-refractivity contribution in [2.24, 2.45) is 0 Å². The van der Waals surface area contributed by atoms with E-state index in [0.29, 0.717) is 0 Å². The second kappa shape index (κ2) is 11.0. The van der Waals surface area contributed by atoms with E-state index in [1.807, 2.05) is 0 Å². The Morgan fingerprint density at radius 1 is 0.806 bits per heavy atom. The number of benzene rings is 3. The number of hydrogen-bond acceptors (Lipinski definition) is 9. The molecule has 36 heavy (non-hydrogen) atoms. The summed E-state index contributed by atoms with van der Waals surface area (Å²) < 4.78 is 47.8. The summed E-state index contributed by atoms with van der Waals surface area (Å²) in [6.45, 7) is 1.40. The SMILES string of the molecule is Cc1ccc(S(=O)(=O)O[C@H]2[C@@H](OC(=O)c3ccccc3)[C@@H](O)OC[C@H]2OC(=O)c2ccccc2)cc1. The van der Waals surface area contributed by atoms with Gasteiger partial charge in [-0.2, -0.15) is 8.42 Å². The molecule has 9 nitrogen and oxygen atoms in total. The Morgan fingerprint density at radius 3 is 1.89 bits per heavy atom. The highest BCUT2D eigenvalue weighted by molar-refractivity contribution is 7.86. The summed E-state index contributed by atoms with van der Waals surface area (Å²) in [7, 11) is -4.42. The van der Waals surface area contributed by atoms with Crippen molar-refractivity contribution in [1.29, 1.82) is 0 Å². The minimum absolute atomic E-state index is 0.157. The third-order valence-corrected chi connectivity index (χ3v) is 6.80. The van der Waals surface area contributed by atoms with Crippen molar-refractivity contribution < 1.29 is 41.5 Å². The van der Waals surface area contributed by atoms with E-state index in [0.717, 1.165) is 5.56 Å². The average Bonchev–Trinajstić information content (AvgIpc) is 2.88. The highest BCUT2D eigenvalue weighted by Crippen LogP contribution is 2.28. The summed E-state index contributed by atoms with van der Waals surface area (Å²) in [6, 6.07) is 21.8. The average molecular weight is 513 g/mol. The van der Waals surface area contributed by atoms with Crippen LogP contribution >= 0.6 is 0 Å². The largest absolute Gasteiger partial charge is 0.453 e. The van der Waals surface area contributed by atoms with Gasteiger partial charge in [0.05, 0.1) is 22.6 Å². The third kappa shape index (κ3) is 5.97. The van der Waals surface area contributed by atoms with Crippen LogP contribution in [0.3, 0.4) is 0 Å². The zero-order valence-corrected chi connectivity index (χ0v) is 20.0. The van der Waals surface area contributed by atoms with Gasteiger partial charge in [0.15, 0.2) is 24.6 Å². The Kier molecular flexibility index (Phi) is 7.80. The summed E-state index contributed by atoms with van der Waals surface area (Å²) in [6.07, 6.45) is -6.28. The smallest absolute Gasteiger partial charge is 0.338 e. The van der Waals surface area contributed by atoms with Crippen LogP contribution in [0.5, 0.6) is 0 Å². The summed E-state index contributed by atoms with van der Waals surface area (Å²) >= 11 is 0. The molecule has 1 fully saturated rings. The Bertz CT molecular complexity index is 1290. The molecule has 188 valence electrons. The van der Waals surface area contributed by atoms with Crippen LogP contribution in [0.1, 0.15) is 26.3 Å². The lowest BCUT2D eigenvalue weighted by atomic mass is 10.0. The molecule has 1 aliphatic rings. The van der Waals surface area contributed by atoms with Crippen molar-refractivity contribution in [3.05, 3.63) is 102 Å². The summed E-state index contributed by atoms with van der Waals surface area (Å²) in [5.74, 6) is -1.62. The van der Waals surface area contributed by atoms with Gasteiger partial charge in [0.1, 0.15) is 0 Å². The van der Waals surface area contributed by atoms with Crippen LogP contribution in [-0.2, 0) is 28.5 Å². The minimum atomic E-state index is -4.42. The van der Waals surface area contributed by atoms with Crippen molar-refractivity contribution in [3.8, 4) is 0 Å². The maximum Gasteiger partial charge on any atom is 0.338 e. The summed E-state index contributed by atoms with van der Waals surface area (Å²) in [4.78, 5) is 25.3. The lowest BCUT2D eigenvalue weighted by molar-refractivity contribution is -0.245. The molecule has 3 aromatic rings. The molecule has 4 rings (SSSR count). The van der Waals surface area contributed by atoms with Gasteiger partial charge in [-0.15, -0.1) is 0 Å². The molecule has 0 saturated carbocycles. The molecule has 0 aliphatic carbocycles. The van der Waals surface area contributed by atoms with Crippen LogP contribution in [-0.4, -0.2) is 56.7 Å². The number of aliphatic hydroxyl groups is 1. The Morgan fingerprint density at radius 2 is 1.33 bits per heavy atom. The standard InChI is InChI=1S/C26H24O9S/c1-17-12-14-20(15-13-17)36(30,31)35-22-21(33-24(27)18-8-4-2-5-9-18)16-32-26(29)23(22)34-25(28)19-10-6-3-7-11-19/h2-15,21-23,26,29H,16H2,1H3/t21-,22-,23-,26+/m1/s1. The molecule has 1 N–H and O–H groups in total. The van der Waals surface area contributed by atoms with Crippen molar-refractivity contribution in [2.45, 2.75) is 36.4 Å². The van der Waals surface area contributed by atoms with Gasteiger partial charge in [0, 0.05) is 0 Å². The fraction of sp³-hybridized carbons (Fsp3) is 0.231. The quantitative estimate of drug-likeness (QED) is 0.376. The molecule has 3 aromatic carbocycles. The van der Waals surface area contributed by atoms with E-state index in [4.69, 9.17) is 18.4 Å². The van der Waals surface area contributed by atoms with E-state index in [1.165, 1.54) is 36.4 Å². The van der Waals surface area contributed by atoms with Crippen molar-refractivity contribution >= 4 is 22.1 Å². The highest BCUT2D eigenvalue weighted by atomic mass is 32.2. The van der Waals surface area contributed by atoms with Gasteiger partial charge in [0.2, 0.25) is 0 Å². The number of carbonyl (C=O) groups excluding carboxylic acids is 2. The molecule has 0 aromatic heterocycles. The van der Waals surface area contributed by atoms with Gasteiger partial charge >= 0.3 is 11.9 Å². The number of aryl methyl sites for hydroxylation is 1. The monoisotopic (exact) mass is 512 g/mol. The van der Waals surface area contributed by atoms with Crippen LogP contribution in [0.25, 0.3) is 0 Å². The molecule has 1 aliphatic heterocycles. The first-order valence-corrected chi connectivity index (χ1v) is 12.5. The van der Waals surface area contributed by atoms with Gasteiger partial charge in [-0.25, -0.2) is 9.59 Å². The Labute approximate surface area is 208 Å². The predicted octanol–water partition coefficient (Wildman–Crippen LogP) is 2.87. The van der Waals surface area contributed by atoms with Crippen LogP contribution in [0, 0.1) is 6.92 Å². The molecule has 0 unspecified atom stereocenters. The van der Waals surface area contributed by atoms with Crippen LogP contribution < -0.4 is 0 Å². The van der Waals surface area contributed by atoms with E-state index in [2.05, 4.69) is 0 Å². The molecule has 0 amide bonds. The molecule has 0 radical (unpaired) electrons. The fourth-order valence-electron chi connectivity index (χ4n) is 3.55. The van der Waals surface area contributed by atoms with Gasteiger partial charge < -0.3 is 19.3 Å². The molecular formula is C26H24O9S. The number of esters is 2. The maximum absolute atomic E-state index is 13.1. The molecule has 0 spiro atoms. The first-order chi connectivity index (χ1) is 17.2. The number of hydrogen-bond donors (Lipinski definition) is 1. The lowest BCUT2D eigenvalue weighted by Gasteiger charge is -2.38. The second-order valence-corrected chi connectivity index (χ2v) is 9.67. The van der Waals surface area contributed by atoms with Crippen molar-refractivity contribution in [3.63, 3.8) is 0 Å². The second-order valence-electron chi connectivity index (χ2n) is 8.10. The van der Waals surface area contributed by atoms with Crippen molar-refractivity contribution in [1.82, 2.24) is 0 Å². The molecule has 1 heterocycles.